The summed E-state index contributed by atoms with van der Waals surface area (Å²) in [4.78, 5) is 22.9. The maximum Gasteiger partial charge on any atom is 0.339 e. The molecule has 0 bridgehead atoms. The number of ether oxygens (including phenoxy) is 2. The highest BCUT2D eigenvalue weighted by atomic mass is 16.5. The summed E-state index contributed by atoms with van der Waals surface area (Å²) in [5.41, 5.74) is 1.06. The molecule has 0 aromatic heterocycles. The average molecular weight is 260 g/mol. The zero-order valence-corrected chi connectivity index (χ0v) is 11.0. The molecular weight excluding hydrogens is 244 g/mol. The molecule has 1 rings (SSSR count). The van der Waals surface area contributed by atoms with E-state index in [0.29, 0.717) is 11.1 Å². The van der Waals surface area contributed by atoms with E-state index in [4.69, 9.17) is 4.74 Å². The van der Waals surface area contributed by atoms with Gasteiger partial charge in [-0.15, -0.1) is 0 Å². The first-order valence-corrected chi connectivity index (χ1v) is 5.72. The lowest BCUT2D eigenvalue weighted by molar-refractivity contribution is -0.134. The SMILES string of the molecule is C=C(C)[C@H](/C=C/C(=O)OC)OC(=O)c1ccccc1. The molecule has 100 valence electrons. The van der Waals surface area contributed by atoms with E-state index in [1.165, 1.54) is 19.3 Å². The summed E-state index contributed by atoms with van der Waals surface area (Å²) in [6, 6.07) is 8.61. The molecule has 1 aromatic carbocycles. The Kier molecular flexibility index (Phi) is 5.54. The molecule has 4 nitrogen and oxygen atoms in total. The third-order valence-corrected chi connectivity index (χ3v) is 2.34. The lowest BCUT2D eigenvalue weighted by atomic mass is 10.1. The summed E-state index contributed by atoms with van der Waals surface area (Å²) in [5, 5.41) is 0. The Balaban J connectivity index is 2.74. The van der Waals surface area contributed by atoms with Gasteiger partial charge in [-0.2, -0.15) is 0 Å². The van der Waals surface area contributed by atoms with Gasteiger partial charge in [-0.3, -0.25) is 0 Å². The molecule has 0 saturated carbocycles. The highest BCUT2D eigenvalue weighted by Gasteiger charge is 2.14. The summed E-state index contributed by atoms with van der Waals surface area (Å²) >= 11 is 0. The molecule has 0 saturated heterocycles. The van der Waals surface area contributed by atoms with Crippen molar-refractivity contribution in [3.05, 3.63) is 60.2 Å². The molecule has 4 heteroatoms. The second kappa shape index (κ2) is 7.16. The largest absolute Gasteiger partial charge is 0.466 e. The Morgan fingerprint density at radius 1 is 1.26 bits per heavy atom. The molecule has 19 heavy (non-hydrogen) atoms. The lowest BCUT2D eigenvalue weighted by Gasteiger charge is -2.14. The summed E-state index contributed by atoms with van der Waals surface area (Å²) in [6.07, 6.45) is 1.99. The van der Waals surface area contributed by atoms with Crippen LogP contribution < -0.4 is 0 Å². The fourth-order valence-corrected chi connectivity index (χ4v) is 1.30. The molecule has 0 spiro atoms. The highest BCUT2D eigenvalue weighted by Crippen LogP contribution is 2.10. The standard InChI is InChI=1S/C15H16O4/c1-11(2)13(9-10-14(16)18-3)19-15(17)12-7-5-4-6-8-12/h4-10,13H,1H2,2-3H3/b10-9+/t13-/m0/s1. The van der Waals surface area contributed by atoms with Crippen LogP contribution in [-0.2, 0) is 14.3 Å². The quantitative estimate of drug-likeness (QED) is 0.464. The third-order valence-electron chi connectivity index (χ3n) is 2.34. The van der Waals surface area contributed by atoms with E-state index in [-0.39, 0.29) is 0 Å². The van der Waals surface area contributed by atoms with E-state index in [1.807, 2.05) is 6.07 Å². The molecule has 0 N–H and O–H groups in total. The Bertz CT molecular complexity index is 488. The lowest BCUT2D eigenvalue weighted by Crippen LogP contribution is -2.17. The second-order valence-electron chi connectivity index (χ2n) is 3.92. The van der Waals surface area contributed by atoms with Crippen molar-refractivity contribution in [1.82, 2.24) is 0 Å². The number of rotatable bonds is 5. The smallest absolute Gasteiger partial charge is 0.339 e. The number of esters is 2. The van der Waals surface area contributed by atoms with Gasteiger partial charge in [0.05, 0.1) is 12.7 Å². The molecule has 0 unspecified atom stereocenters. The third kappa shape index (κ3) is 4.79. The maximum atomic E-state index is 11.9. The minimum absolute atomic E-state index is 0.445. The van der Waals surface area contributed by atoms with Crippen LogP contribution in [0.2, 0.25) is 0 Å². The zero-order chi connectivity index (χ0) is 14.3. The van der Waals surface area contributed by atoms with Crippen molar-refractivity contribution in [3.63, 3.8) is 0 Å². The summed E-state index contributed by atoms with van der Waals surface area (Å²) in [5.74, 6) is -0.981. The Hall–Kier alpha value is -2.36. The van der Waals surface area contributed by atoms with Crippen molar-refractivity contribution in [1.29, 1.82) is 0 Å². The van der Waals surface area contributed by atoms with E-state index < -0.39 is 18.0 Å². The van der Waals surface area contributed by atoms with Crippen LogP contribution in [0, 0.1) is 0 Å². The number of carbonyl (C=O) groups excluding carboxylic acids is 2. The van der Waals surface area contributed by atoms with Gasteiger partial charge in [-0.1, -0.05) is 24.8 Å². The predicted molar refractivity (Wildman–Crippen MR) is 71.6 cm³/mol. The van der Waals surface area contributed by atoms with Crippen molar-refractivity contribution in [2.45, 2.75) is 13.0 Å². The monoisotopic (exact) mass is 260 g/mol. The molecule has 0 fully saturated rings. The van der Waals surface area contributed by atoms with Gasteiger partial charge in [-0.25, -0.2) is 9.59 Å². The maximum absolute atomic E-state index is 11.9. The van der Waals surface area contributed by atoms with Crippen LogP contribution in [0.25, 0.3) is 0 Å². The first-order valence-electron chi connectivity index (χ1n) is 5.72. The van der Waals surface area contributed by atoms with Gasteiger partial charge in [-0.05, 0) is 30.7 Å². The minimum atomic E-state index is -0.660. The van der Waals surface area contributed by atoms with E-state index in [0.717, 1.165) is 0 Å². The van der Waals surface area contributed by atoms with Gasteiger partial charge >= 0.3 is 11.9 Å². The van der Waals surface area contributed by atoms with E-state index in [2.05, 4.69) is 11.3 Å². The van der Waals surface area contributed by atoms with Crippen LogP contribution in [0.3, 0.4) is 0 Å². The Labute approximate surface area is 112 Å². The van der Waals surface area contributed by atoms with Crippen molar-refractivity contribution in [2.75, 3.05) is 7.11 Å². The average Bonchev–Trinajstić information content (AvgIpc) is 2.43. The van der Waals surface area contributed by atoms with E-state index >= 15 is 0 Å². The number of carbonyl (C=O) groups is 2. The molecule has 0 heterocycles. The molecule has 1 aromatic rings. The second-order valence-corrected chi connectivity index (χ2v) is 3.92. The number of hydrogen-bond donors (Lipinski definition) is 0. The summed E-state index contributed by atoms with van der Waals surface area (Å²) in [6.45, 7) is 5.44. The van der Waals surface area contributed by atoms with Gasteiger partial charge < -0.3 is 9.47 Å². The van der Waals surface area contributed by atoms with Crippen LogP contribution in [0.15, 0.2) is 54.6 Å². The normalized spacial score (nSPS) is 11.9. The number of hydrogen-bond acceptors (Lipinski definition) is 4. The van der Waals surface area contributed by atoms with Gasteiger partial charge in [0.1, 0.15) is 6.10 Å². The van der Waals surface area contributed by atoms with Crippen molar-refractivity contribution >= 4 is 11.9 Å². The van der Waals surface area contributed by atoms with Crippen molar-refractivity contribution in [3.8, 4) is 0 Å². The van der Waals surface area contributed by atoms with Gasteiger partial charge in [0.15, 0.2) is 0 Å². The van der Waals surface area contributed by atoms with E-state index in [9.17, 15) is 9.59 Å². The predicted octanol–water partition coefficient (Wildman–Crippen LogP) is 2.52. The van der Waals surface area contributed by atoms with Crippen molar-refractivity contribution in [2.24, 2.45) is 0 Å². The summed E-state index contributed by atoms with van der Waals surface area (Å²) in [7, 11) is 1.28. The molecular formula is C15H16O4. The van der Waals surface area contributed by atoms with Crippen LogP contribution in [0.5, 0.6) is 0 Å². The Morgan fingerprint density at radius 2 is 1.89 bits per heavy atom. The van der Waals surface area contributed by atoms with Gasteiger partial charge in [0.25, 0.3) is 0 Å². The summed E-state index contributed by atoms with van der Waals surface area (Å²) < 4.78 is 9.73. The molecule has 0 aliphatic carbocycles. The van der Waals surface area contributed by atoms with Gasteiger partial charge in [0.2, 0.25) is 0 Å². The number of benzene rings is 1. The molecule has 0 amide bonds. The van der Waals surface area contributed by atoms with Crippen molar-refractivity contribution < 1.29 is 19.1 Å². The molecule has 0 aliphatic rings. The first kappa shape index (κ1) is 14.7. The molecule has 1 atom stereocenters. The fourth-order valence-electron chi connectivity index (χ4n) is 1.30. The zero-order valence-electron chi connectivity index (χ0n) is 11.0. The van der Waals surface area contributed by atoms with Crippen LogP contribution in [-0.4, -0.2) is 25.2 Å². The highest BCUT2D eigenvalue weighted by molar-refractivity contribution is 5.89. The van der Waals surface area contributed by atoms with Crippen LogP contribution in [0.1, 0.15) is 17.3 Å². The fraction of sp³-hybridized carbons (Fsp3) is 0.200. The minimum Gasteiger partial charge on any atom is -0.466 e. The topological polar surface area (TPSA) is 52.6 Å². The number of methoxy groups -OCH3 is 1. The van der Waals surface area contributed by atoms with Crippen LogP contribution in [0.4, 0.5) is 0 Å². The van der Waals surface area contributed by atoms with E-state index in [1.54, 1.807) is 31.2 Å². The Morgan fingerprint density at radius 3 is 2.42 bits per heavy atom. The molecule has 0 radical (unpaired) electrons. The molecule has 0 aliphatic heterocycles. The van der Waals surface area contributed by atoms with Crippen LogP contribution >= 0.6 is 0 Å². The first-order chi connectivity index (χ1) is 9.04. The van der Waals surface area contributed by atoms with Gasteiger partial charge in [0, 0.05) is 6.08 Å².